The monoisotopic (exact) mass is 281 g/mol. The lowest BCUT2D eigenvalue weighted by molar-refractivity contribution is 0.0508. The van der Waals surface area contributed by atoms with E-state index < -0.39 is 0 Å². The van der Waals surface area contributed by atoms with Gasteiger partial charge in [0.05, 0.1) is 17.5 Å². The van der Waals surface area contributed by atoms with Crippen molar-refractivity contribution in [1.82, 2.24) is 4.90 Å². The van der Waals surface area contributed by atoms with Crippen LogP contribution in [0.2, 0.25) is 0 Å². The summed E-state index contributed by atoms with van der Waals surface area (Å²) in [4.78, 5) is 15.1. The van der Waals surface area contributed by atoms with Crippen LogP contribution in [-0.4, -0.2) is 35.1 Å². The third-order valence-corrected chi connectivity index (χ3v) is 5.53. The Morgan fingerprint density at radius 3 is 3.11 bits per heavy atom. The Hall–Kier alpha value is -0.910. The second kappa shape index (κ2) is 4.99. The lowest BCUT2D eigenvalue weighted by atomic mass is 10.0. The van der Waals surface area contributed by atoms with Gasteiger partial charge in [-0.2, -0.15) is 0 Å². The second-order valence-corrected chi connectivity index (χ2v) is 6.62. The molecule has 5 heteroatoms. The van der Waals surface area contributed by atoms with Crippen molar-refractivity contribution in [2.45, 2.75) is 25.3 Å². The minimum atomic E-state index is 0.00591. The highest BCUT2D eigenvalue weighted by atomic mass is 32.1. The van der Waals surface area contributed by atoms with Crippen LogP contribution in [0.4, 0.5) is 0 Å². The molecule has 1 aliphatic heterocycles. The van der Waals surface area contributed by atoms with E-state index in [1.165, 1.54) is 9.40 Å². The van der Waals surface area contributed by atoms with Gasteiger partial charge >= 0.3 is 0 Å². The fourth-order valence-electron chi connectivity index (χ4n) is 2.47. The second-order valence-electron chi connectivity index (χ2n) is 4.59. The molecule has 0 aliphatic carbocycles. The first kappa shape index (κ1) is 12.1. The molecule has 2 aromatic rings. The molecule has 3 heterocycles. The standard InChI is InChI=1S/C13H15NO2S2/c15-8-9-3-1-2-5-14(9)13(16)12-7-11-10(18-12)4-6-17-11/h4,6-7,9,15H,1-3,5,8H2. The van der Waals surface area contributed by atoms with E-state index in [2.05, 4.69) is 6.07 Å². The molecule has 1 fully saturated rings. The molecule has 0 saturated carbocycles. The molecule has 2 aromatic heterocycles. The third-order valence-electron chi connectivity index (χ3n) is 3.45. The number of nitrogens with zero attached hydrogens (tertiary/aromatic N) is 1. The predicted molar refractivity (Wildman–Crippen MR) is 75.5 cm³/mol. The highest BCUT2D eigenvalue weighted by molar-refractivity contribution is 7.27. The van der Waals surface area contributed by atoms with Crippen LogP contribution in [0.25, 0.3) is 9.40 Å². The third kappa shape index (κ3) is 2.06. The van der Waals surface area contributed by atoms with Crippen LogP contribution in [0.1, 0.15) is 28.9 Å². The molecule has 96 valence electrons. The highest BCUT2D eigenvalue weighted by Crippen LogP contribution is 2.31. The number of thiophene rings is 2. The van der Waals surface area contributed by atoms with Gasteiger partial charge in [-0.25, -0.2) is 0 Å². The summed E-state index contributed by atoms with van der Waals surface area (Å²) in [5.41, 5.74) is 0. The van der Waals surface area contributed by atoms with Gasteiger partial charge in [0, 0.05) is 15.9 Å². The van der Waals surface area contributed by atoms with Gasteiger partial charge in [-0.3, -0.25) is 4.79 Å². The number of aliphatic hydroxyl groups excluding tert-OH is 1. The molecule has 1 amide bonds. The first-order chi connectivity index (χ1) is 8.79. The fraction of sp³-hybridized carbons (Fsp3) is 0.462. The van der Waals surface area contributed by atoms with Gasteiger partial charge in [-0.1, -0.05) is 0 Å². The van der Waals surface area contributed by atoms with E-state index in [4.69, 9.17) is 0 Å². The molecule has 1 N–H and O–H groups in total. The van der Waals surface area contributed by atoms with E-state index in [9.17, 15) is 9.90 Å². The van der Waals surface area contributed by atoms with Gasteiger partial charge in [0.15, 0.2) is 0 Å². The van der Waals surface area contributed by atoms with E-state index in [0.717, 1.165) is 30.7 Å². The molecule has 0 bridgehead atoms. The zero-order chi connectivity index (χ0) is 12.5. The molecule has 1 saturated heterocycles. The topological polar surface area (TPSA) is 40.5 Å². The molecule has 3 nitrogen and oxygen atoms in total. The summed E-state index contributed by atoms with van der Waals surface area (Å²) < 4.78 is 2.36. The molecule has 1 atom stereocenters. The van der Waals surface area contributed by atoms with Crippen molar-refractivity contribution in [3.05, 3.63) is 22.4 Å². The summed E-state index contributed by atoms with van der Waals surface area (Å²) >= 11 is 3.22. The lowest BCUT2D eigenvalue weighted by Crippen LogP contribution is -2.45. The number of fused-ring (bicyclic) bond motifs is 1. The van der Waals surface area contributed by atoms with Gasteiger partial charge < -0.3 is 10.0 Å². The van der Waals surface area contributed by atoms with Crippen molar-refractivity contribution in [3.8, 4) is 0 Å². The summed E-state index contributed by atoms with van der Waals surface area (Å²) in [5, 5.41) is 11.4. The van der Waals surface area contributed by atoms with E-state index >= 15 is 0 Å². The molecular weight excluding hydrogens is 266 g/mol. The van der Waals surface area contributed by atoms with Gasteiger partial charge in [0.2, 0.25) is 0 Å². The van der Waals surface area contributed by atoms with E-state index in [0.29, 0.717) is 0 Å². The average molecular weight is 281 g/mol. The SMILES string of the molecule is O=C(c1cc2sccc2s1)N1CCCCC1CO. The summed E-state index contributed by atoms with van der Waals surface area (Å²) in [6, 6.07) is 4.04. The predicted octanol–water partition coefficient (Wildman–Crippen LogP) is 2.95. The quantitative estimate of drug-likeness (QED) is 0.919. The van der Waals surface area contributed by atoms with Crippen molar-refractivity contribution in [1.29, 1.82) is 0 Å². The number of likely N-dealkylation sites (tertiary alicyclic amines) is 1. The van der Waals surface area contributed by atoms with Gasteiger partial charge in [0.25, 0.3) is 5.91 Å². The highest BCUT2D eigenvalue weighted by Gasteiger charge is 2.27. The van der Waals surface area contributed by atoms with Crippen molar-refractivity contribution in [3.63, 3.8) is 0 Å². The molecule has 1 aliphatic rings. The molecule has 0 spiro atoms. The van der Waals surface area contributed by atoms with Crippen LogP contribution in [-0.2, 0) is 0 Å². The molecule has 1 unspecified atom stereocenters. The maximum absolute atomic E-state index is 12.5. The summed E-state index contributed by atoms with van der Waals surface area (Å²) in [6.07, 6.45) is 3.07. The molecule has 0 radical (unpaired) electrons. The minimum absolute atomic E-state index is 0.00591. The largest absolute Gasteiger partial charge is 0.394 e. The van der Waals surface area contributed by atoms with Crippen LogP contribution in [0.5, 0.6) is 0 Å². The molecule has 18 heavy (non-hydrogen) atoms. The van der Waals surface area contributed by atoms with Crippen molar-refractivity contribution in [2.24, 2.45) is 0 Å². The Bertz CT molecular complexity index is 532. The number of rotatable bonds is 2. The Morgan fingerprint density at radius 1 is 1.44 bits per heavy atom. The molecular formula is C13H15NO2S2. The number of carbonyl (C=O) groups is 1. The first-order valence-corrected chi connectivity index (χ1v) is 7.88. The number of hydrogen-bond donors (Lipinski definition) is 1. The number of piperidine rings is 1. The molecule has 0 aromatic carbocycles. The first-order valence-electron chi connectivity index (χ1n) is 6.18. The zero-order valence-electron chi connectivity index (χ0n) is 9.96. The fourth-order valence-corrected chi connectivity index (χ4v) is 4.54. The van der Waals surface area contributed by atoms with E-state index in [1.807, 2.05) is 16.3 Å². The van der Waals surface area contributed by atoms with E-state index in [-0.39, 0.29) is 18.6 Å². The van der Waals surface area contributed by atoms with Crippen LogP contribution in [0.15, 0.2) is 17.5 Å². The number of hydrogen-bond acceptors (Lipinski definition) is 4. The number of aliphatic hydroxyl groups is 1. The van der Waals surface area contributed by atoms with Gasteiger partial charge in [0.1, 0.15) is 0 Å². The average Bonchev–Trinajstić information content (AvgIpc) is 2.98. The van der Waals surface area contributed by atoms with Gasteiger partial charge in [-0.05, 0) is 36.8 Å². The Morgan fingerprint density at radius 2 is 2.33 bits per heavy atom. The van der Waals surface area contributed by atoms with Crippen LogP contribution in [0.3, 0.4) is 0 Å². The lowest BCUT2D eigenvalue weighted by Gasteiger charge is -2.34. The van der Waals surface area contributed by atoms with E-state index in [1.54, 1.807) is 22.7 Å². The number of amides is 1. The van der Waals surface area contributed by atoms with Crippen molar-refractivity contribution >= 4 is 38.0 Å². The minimum Gasteiger partial charge on any atom is -0.394 e. The Labute approximate surface area is 114 Å². The molecule has 3 rings (SSSR count). The van der Waals surface area contributed by atoms with Crippen LogP contribution < -0.4 is 0 Å². The summed E-state index contributed by atoms with van der Waals surface area (Å²) in [7, 11) is 0. The van der Waals surface area contributed by atoms with Crippen LogP contribution >= 0.6 is 22.7 Å². The maximum Gasteiger partial charge on any atom is 0.264 e. The summed E-state index contributed by atoms with van der Waals surface area (Å²) in [6.45, 7) is 0.848. The Balaban J connectivity index is 1.86. The number of carbonyl (C=O) groups excluding carboxylic acids is 1. The smallest absolute Gasteiger partial charge is 0.264 e. The van der Waals surface area contributed by atoms with Gasteiger partial charge in [-0.15, -0.1) is 22.7 Å². The maximum atomic E-state index is 12.5. The summed E-state index contributed by atoms with van der Waals surface area (Å²) in [5.74, 6) is 0.0853. The Kier molecular flexibility index (Phi) is 3.37. The zero-order valence-corrected chi connectivity index (χ0v) is 11.6. The van der Waals surface area contributed by atoms with Crippen molar-refractivity contribution in [2.75, 3.05) is 13.2 Å². The van der Waals surface area contributed by atoms with Crippen LogP contribution in [0, 0.1) is 0 Å². The normalized spacial score (nSPS) is 20.5. The van der Waals surface area contributed by atoms with Crippen molar-refractivity contribution < 1.29 is 9.90 Å².